The zero-order valence-electron chi connectivity index (χ0n) is 8.92. The Kier molecular flexibility index (Phi) is 3.51. The number of benzene rings is 1. The van der Waals surface area contributed by atoms with Gasteiger partial charge in [0.05, 0.1) is 0 Å². The number of nitrogens with one attached hydrogen (secondary N) is 1. The van der Waals surface area contributed by atoms with E-state index in [1.165, 1.54) is 12.1 Å². The molecule has 16 heavy (non-hydrogen) atoms. The maximum Gasteiger partial charge on any atom is 0.130 e. The van der Waals surface area contributed by atoms with Gasteiger partial charge in [0.25, 0.3) is 0 Å². The van der Waals surface area contributed by atoms with Crippen LogP contribution in [0.1, 0.15) is 24.4 Å². The minimum absolute atomic E-state index is 0.119. The molecule has 2 atom stereocenters. The fourth-order valence-corrected chi connectivity index (χ4v) is 2.18. The molecule has 1 heterocycles. The van der Waals surface area contributed by atoms with E-state index in [9.17, 15) is 8.78 Å². The number of aliphatic hydroxyl groups excluding tert-OH is 1. The molecule has 4 heteroatoms. The summed E-state index contributed by atoms with van der Waals surface area (Å²) in [4.78, 5) is 0. The molecule has 0 radical (unpaired) electrons. The smallest absolute Gasteiger partial charge is 0.130 e. The molecule has 1 fully saturated rings. The van der Waals surface area contributed by atoms with E-state index in [1.54, 1.807) is 0 Å². The first-order valence-electron chi connectivity index (χ1n) is 5.50. The number of halogens is 2. The van der Waals surface area contributed by atoms with Gasteiger partial charge in [0.2, 0.25) is 0 Å². The first-order valence-corrected chi connectivity index (χ1v) is 5.50. The number of piperidine rings is 1. The second kappa shape index (κ2) is 4.89. The van der Waals surface area contributed by atoms with Gasteiger partial charge in [-0.3, -0.25) is 0 Å². The minimum Gasteiger partial charge on any atom is -0.396 e. The SMILES string of the molecule is OCC1CCNC(c2ccc(F)cc2F)C1. The zero-order chi connectivity index (χ0) is 11.5. The van der Waals surface area contributed by atoms with Crippen molar-refractivity contribution in [1.29, 1.82) is 0 Å². The van der Waals surface area contributed by atoms with Crippen molar-refractivity contribution in [3.63, 3.8) is 0 Å². The molecule has 0 bridgehead atoms. The van der Waals surface area contributed by atoms with Crippen molar-refractivity contribution in [3.8, 4) is 0 Å². The van der Waals surface area contributed by atoms with Gasteiger partial charge in [0.15, 0.2) is 0 Å². The number of aliphatic hydroxyl groups is 1. The highest BCUT2D eigenvalue weighted by Gasteiger charge is 2.24. The Morgan fingerprint density at radius 1 is 1.38 bits per heavy atom. The lowest BCUT2D eigenvalue weighted by Crippen LogP contribution is -2.33. The van der Waals surface area contributed by atoms with Gasteiger partial charge in [-0.15, -0.1) is 0 Å². The second-order valence-corrected chi connectivity index (χ2v) is 4.25. The van der Waals surface area contributed by atoms with E-state index in [2.05, 4.69) is 5.32 Å². The Hall–Kier alpha value is -1.00. The van der Waals surface area contributed by atoms with Gasteiger partial charge in [0, 0.05) is 24.3 Å². The molecule has 0 aromatic heterocycles. The largest absolute Gasteiger partial charge is 0.396 e. The molecule has 0 spiro atoms. The molecule has 2 rings (SSSR count). The van der Waals surface area contributed by atoms with Crippen molar-refractivity contribution >= 4 is 0 Å². The maximum absolute atomic E-state index is 13.5. The van der Waals surface area contributed by atoms with Crippen LogP contribution in [0.5, 0.6) is 0 Å². The highest BCUT2D eigenvalue weighted by molar-refractivity contribution is 5.22. The Morgan fingerprint density at radius 2 is 2.19 bits per heavy atom. The van der Waals surface area contributed by atoms with E-state index in [4.69, 9.17) is 5.11 Å². The molecule has 1 aromatic rings. The van der Waals surface area contributed by atoms with Gasteiger partial charge in [-0.1, -0.05) is 6.07 Å². The van der Waals surface area contributed by atoms with Crippen LogP contribution in [0.2, 0.25) is 0 Å². The van der Waals surface area contributed by atoms with E-state index in [-0.39, 0.29) is 18.6 Å². The van der Waals surface area contributed by atoms with Crippen LogP contribution in [-0.2, 0) is 0 Å². The third kappa shape index (κ3) is 2.39. The molecule has 88 valence electrons. The summed E-state index contributed by atoms with van der Waals surface area (Å²) < 4.78 is 26.3. The van der Waals surface area contributed by atoms with E-state index in [1.807, 2.05) is 0 Å². The fraction of sp³-hybridized carbons (Fsp3) is 0.500. The fourth-order valence-electron chi connectivity index (χ4n) is 2.18. The lowest BCUT2D eigenvalue weighted by molar-refractivity contribution is 0.175. The monoisotopic (exact) mass is 227 g/mol. The number of rotatable bonds is 2. The zero-order valence-corrected chi connectivity index (χ0v) is 8.92. The van der Waals surface area contributed by atoms with Gasteiger partial charge in [-0.2, -0.15) is 0 Å². The molecule has 2 N–H and O–H groups in total. The van der Waals surface area contributed by atoms with Crippen LogP contribution < -0.4 is 5.32 Å². The van der Waals surface area contributed by atoms with Crippen molar-refractivity contribution in [2.24, 2.45) is 5.92 Å². The Labute approximate surface area is 93.3 Å². The van der Waals surface area contributed by atoms with Crippen LogP contribution in [-0.4, -0.2) is 18.3 Å². The summed E-state index contributed by atoms with van der Waals surface area (Å²) in [5, 5.41) is 12.3. The summed E-state index contributed by atoms with van der Waals surface area (Å²) in [6, 6.07) is 3.52. The van der Waals surface area contributed by atoms with Gasteiger partial charge in [-0.05, 0) is 31.4 Å². The predicted octanol–water partition coefficient (Wildman–Crippen LogP) is 2.00. The van der Waals surface area contributed by atoms with Crippen molar-refractivity contribution in [2.75, 3.05) is 13.2 Å². The topological polar surface area (TPSA) is 32.3 Å². The Balaban J connectivity index is 2.16. The molecule has 0 aliphatic carbocycles. The molecule has 1 aliphatic heterocycles. The molecule has 1 aromatic carbocycles. The van der Waals surface area contributed by atoms with Gasteiger partial charge >= 0.3 is 0 Å². The Morgan fingerprint density at radius 3 is 2.88 bits per heavy atom. The average molecular weight is 227 g/mol. The van der Waals surface area contributed by atoms with Crippen LogP contribution >= 0.6 is 0 Å². The van der Waals surface area contributed by atoms with E-state index < -0.39 is 11.6 Å². The van der Waals surface area contributed by atoms with Crippen LogP contribution in [0.25, 0.3) is 0 Å². The second-order valence-electron chi connectivity index (χ2n) is 4.25. The number of hydrogen-bond donors (Lipinski definition) is 2. The minimum atomic E-state index is -0.559. The van der Waals surface area contributed by atoms with Crippen molar-refractivity contribution in [2.45, 2.75) is 18.9 Å². The summed E-state index contributed by atoms with van der Waals surface area (Å²) >= 11 is 0. The van der Waals surface area contributed by atoms with Gasteiger partial charge in [0.1, 0.15) is 11.6 Å². The van der Waals surface area contributed by atoms with Crippen molar-refractivity contribution in [3.05, 3.63) is 35.4 Å². The van der Waals surface area contributed by atoms with Gasteiger partial charge in [-0.25, -0.2) is 8.78 Å². The number of hydrogen-bond acceptors (Lipinski definition) is 2. The molecule has 2 nitrogen and oxygen atoms in total. The van der Waals surface area contributed by atoms with Crippen molar-refractivity contribution < 1.29 is 13.9 Å². The van der Waals surface area contributed by atoms with Crippen LogP contribution in [0.3, 0.4) is 0 Å². The summed E-state index contributed by atoms with van der Waals surface area (Å²) in [7, 11) is 0. The first kappa shape index (κ1) is 11.5. The highest BCUT2D eigenvalue weighted by Crippen LogP contribution is 2.28. The van der Waals surface area contributed by atoms with Crippen LogP contribution in [0.15, 0.2) is 18.2 Å². The van der Waals surface area contributed by atoms with E-state index in [0.29, 0.717) is 12.0 Å². The average Bonchev–Trinajstić information content (AvgIpc) is 2.29. The lowest BCUT2D eigenvalue weighted by Gasteiger charge is -2.29. The normalized spacial score (nSPS) is 25.7. The summed E-state index contributed by atoms with van der Waals surface area (Å²) in [6.07, 6.45) is 1.59. The van der Waals surface area contributed by atoms with Crippen LogP contribution in [0.4, 0.5) is 8.78 Å². The molecule has 2 unspecified atom stereocenters. The lowest BCUT2D eigenvalue weighted by atomic mass is 9.89. The molecular weight excluding hydrogens is 212 g/mol. The van der Waals surface area contributed by atoms with E-state index in [0.717, 1.165) is 19.0 Å². The van der Waals surface area contributed by atoms with Crippen LogP contribution in [0, 0.1) is 17.6 Å². The molecule has 0 saturated carbocycles. The first-order chi connectivity index (χ1) is 7.70. The molecule has 1 aliphatic rings. The third-order valence-electron chi connectivity index (χ3n) is 3.11. The Bertz CT molecular complexity index is 370. The quantitative estimate of drug-likeness (QED) is 0.810. The predicted molar refractivity (Wildman–Crippen MR) is 56.9 cm³/mol. The molecule has 1 saturated heterocycles. The summed E-state index contributed by atoms with van der Waals surface area (Å²) in [6.45, 7) is 0.883. The summed E-state index contributed by atoms with van der Waals surface area (Å²) in [5.41, 5.74) is 0.486. The molecular formula is C12H15F2NO. The molecule has 0 amide bonds. The highest BCUT2D eigenvalue weighted by atomic mass is 19.1. The third-order valence-corrected chi connectivity index (χ3v) is 3.11. The summed E-state index contributed by atoms with van der Waals surface area (Å²) in [5.74, 6) is -0.873. The van der Waals surface area contributed by atoms with Crippen molar-refractivity contribution in [1.82, 2.24) is 5.32 Å². The standard InChI is InChI=1S/C12H15F2NO/c13-9-1-2-10(11(14)6-9)12-5-8(7-16)3-4-15-12/h1-2,6,8,12,15-16H,3-5,7H2. The van der Waals surface area contributed by atoms with E-state index >= 15 is 0 Å². The maximum atomic E-state index is 13.5. The van der Waals surface area contributed by atoms with Gasteiger partial charge < -0.3 is 10.4 Å².